The van der Waals surface area contributed by atoms with Gasteiger partial charge in [0.05, 0.1) is 0 Å². The summed E-state index contributed by atoms with van der Waals surface area (Å²) >= 11 is 0. The van der Waals surface area contributed by atoms with Crippen LogP contribution in [0, 0.1) is 0 Å². The van der Waals surface area contributed by atoms with Crippen molar-refractivity contribution in [3.63, 3.8) is 0 Å². The molecule has 1 aliphatic heterocycles. The summed E-state index contributed by atoms with van der Waals surface area (Å²) in [6, 6.07) is 8.04. The maximum atomic E-state index is 11.5. The number of rotatable bonds is 7. The Balaban J connectivity index is 1.31. The zero-order valence-electron chi connectivity index (χ0n) is 14.2. The summed E-state index contributed by atoms with van der Waals surface area (Å²) in [6.07, 6.45) is 11.1. The molecule has 24 heavy (non-hydrogen) atoms. The van der Waals surface area contributed by atoms with Crippen LogP contribution in [0.25, 0.3) is 0 Å². The van der Waals surface area contributed by atoms with Gasteiger partial charge in [0.1, 0.15) is 0 Å². The second-order valence-corrected chi connectivity index (χ2v) is 6.53. The second kappa shape index (κ2) is 8.73. The third-order valence-corrected chi connectivity index (χ3v) is 4.85. The van der Waals surface area contributed by atoms with Crippen molar-refractivity contribution in [2.45, 2.75) is 44.6 Å². The Labute approximate surface area is 143 Å². The Morgan fingerprint density at radius 1 is 0.958 bits per heavy atom. The van der Waals surface area contributed by atoms with E-state index < -0.39 is 0 Å². The molecule has 0 aliphatic carbocycles. The topological polar surface area (TPSA) is 51.0 Å². The van der Waals surface area contributed by atoms with Crippen LogP contribution in [0.15, 0.2) is 47.7 Å². The Morgan fingerprint density at radius 2 is 1.75 bits per heavy atom. The van der Waals surface area contributed by atoms with E-state index in [4.69, 9.17) is 0 Å². The minimum Gasteiger partial charge on any atom is -0.303 e. The smallest absolute Gasteiger partial charge is 0.303 e. The van der Waals surface area contributed by atoms with E-state index in [2.05, 4.69) is 27.0 Å². The van der Waals surface area contributed by atoms with Gasteiger partial charge >= 0.3 is 5.69 Å². The SMILES string of the molecule is O=c1ncccn1CCCCCN1CCC(c2ccccn2)CC1. The summed E-state index contributed by atoms with van der Waals surface area (Å²) < 4.78 is 1.69. The molecule has 0 amide bonds. The van der Waals surface area contributed by atoms with Gasteiger partial charge in [-0.15, -0.1) is 0 Å². The predicted octanol–water partition coefficient (Wildman–Crippen LogP) is 2.69. The van der Waals surface area contributed by atoms with Gasteiger partial charge in [-0.3, -0.25) is 9.55 Å². The molecule has 5 heteroatoms. The van der Waals surface area contributed by atoms with Crippen molar-refractivity contribution in [2.75, 3.05) is 19.6 Å². The summed E-state index contributed by atoms with van der Waals surface area (Å²) in [4.78, 5) is 22.4. The Morgan fingerprint density at radius 3 is 2.50 bits per heavy atom. The highest BCUT2D eigenvalue weighted by Crippen LogP contribution is 2.26. The van der Waals surface area contributed by atoms with Gasteiger partial charge in [0.15, 0.2) is 0 Å². The fourth-order valence-electron chi connectivity index (χ4n) is 3.42. The van der Waals surface area contributed by atoms with Crippen LogP contribution in [0.4, 0.5) is 0 Å². The van der Waals surface area contributed by atoms with Crippen molar-refractivity contribution in [3.8, 4) is 0 Å². The molecule has 0 unspecified atom stereocenters. The number of aromatic nitrogens is 3. The van der Waals surface area contributed by atoms with E-state index in [1.165, 1.54) is 38.0 Å². The van der Waals surface area contributed by atoms with Gasteiger partial charge < -0.3 is 4.90 Å². The lowest BCUT2D eigenvalue weighted by molar-refractivity contribution is 0.206. The molecular formula is C19H26N4O. The first-order chi connectivity index (χ1) is 11.8. The van der Waals surface area contributed by atoms with Crippen LogP contribution in [0.2, 0.25) is 0 Å². The first-order valence-corrected chi connectivity index (χ1v) is 8.97. The van der Waals surface area contributed by atoms with Crippen molar-refractivity contribution in [1.29, 1.82) is 0 Å². The molecular weight excluding hydrogens is 300 g/mol. The summed E-state index contributed by atoms with van der Waals surface area (Å²) in [6.45, 7) is 4.28. The number of likely N-dealkylation sites (tertiary alicyclic amines) is 1. The number of nitrogens with zero attached hydrogens (tertiary/aromatic N) is 4. The molecule has 0 atom stereocenters. The van der Waals surface area contributed by atoms with E-state index in [9.17, 15) is 4.79 Å². The Hall–Kier alpha value is -2.01. The molecule has 0 radical (unpaired) electrons. The second-order valence-electron chi connectivity index (χ2n) is 6.53. The van der Waals surface area contributed by atoms with Crippen molar-refractivity contribution in [1.82, 2.24) is 19.4 Å². The molecule has 0 bridgehead atoms. The number of pyridine rings is 1. The lowest BCUT2D eigenvalue weighted by atomic mass is 9.93. The van der Waals surface area contributed by atoms with Crippen molar-refractivity contribution >= 4 is 0 Å². The quantitative estimate of drug-likeness (QED) is 0.734. The molecule has 1 fully saturated rings. The Kier molecular flexibility index (Phi) is 6.13. The minimum atomic E-state index is -0.144. The van der Waals surface area contributed by atoms with Crippen LogP contribution < -0.4 is 5.69 Å². The summed E-state index contributed by atoms with van der Waals surface area (Å²) in [5.74, 6) is 0.625. The third-order valence-electron chi connectivity index (χ3n) is 4.85. The molecule has 3 heterocycles. The third kappa shape index (κ3) is 4.74. The van der Waals surface area contributed by atoms with Crippen LogP contribution in [-0.4, -0.2) is 39.1 Å². The molecule has 5 nitrogen and oxygen atoms in total. The number of unbranched alkanes of at least 4 members (excludes halogenated alkanes) is 2. The first-order valence-electron chi connectivity index (χ1n) is 8.97. The molecule has 128 valence electrons. The van der Waals surface area contributed by atoms with Crippen LogP contribution in [-0.2, 0) is 6.54 Å². The molecule has 0 spiro atoms. The highest BCUT2D eigenvalue weighted by Gasteiger charge is 2.20. The monoisotopic (exact) mass is 326 g/mol. The zero-order chi connectivity index (χ0) is 16.6. The summed E-state index contributed by atoms with van der Waals surface area (Å²) in [5.41, 5.74) is 1.10. The highest BCUT2D eigenvalue weighted by atomic mass is 16.1. The largest absolute Gasteiger partial charge is 0.347 e. The van der Waals surface area contributed by atoms with Crippen LogP contribution in [0.5, 0.6) is 0 Å². The number of hydrogen-bond acceptors (Lipinski definition) is 4. The van der Waals surface area contributed by atoms with Gasteiger partial charge in [0.2, 0.25) is 0 Å². The lowest BCUT2D eigenvalue weighted by Crippen LogP contribution is -2.33. The average Bonchev–Trinajstić information content (AvgIpc) is 2.64. The molecule has 0 N–H and O–H groups in total. The normalized spacial score (nSPS) is 16.3. The van der Waals surface area contributed by atoms with E-state index >= 15 is 0 Å². The van der Waals surface area contributed by atoms with E-state index in [1.807, 2.05) is 24.5 Å². The molecule has 2 aromatic rings. The lowest BCUT2D eigenvalue weighted by Gasteiger charge is -2.31. The summed E-state index contributed by atoms with van der Waals surface area (Å²) in [5, 5.41) is 0. The zero-order valence-corrected chi connectivity index (χ0v) is 14.2. The maximum Gasteiger partial charge on any atom is 0.347 e. The Bertz CT molecular complexity index is 662. The number of aryl methyl sites for hydroxylation is 1. The van der Waals surface area contributed by atoms with Crippen LogP contribution >= 0.6 is 0 Å². The van der Waals surface area contributed by atoms with E-state index in [0.717, 1.165) is 25.9 Å². The molecule has 3 rings (SSSR count). The fraction of sp³-hybridized carbons (Fsp3) is 0.526. The van der Waals surface area contributed by atoms with Crippen molar-refractivity contribution < 1.29 is 0 Å². The molecule has 1 aliphatic rings. The van der Waals surface area contributed by atoms with Crippen LogP contribution in [0.1, 0.15) is 43.7 Å². The van der Waals surface area contributed by atoms with E-state index in [-0.39, 0.29) is 5.69 Å². The minimum absolute atomic E-state index is 0.144. The van der Waals surface area contributed by atoms with Gasteiger partial charge in [-0.05, 0) is 63.5 Å². The predicted molar refractivity (Wildman–Crippen MR) is 95.0 cm³/mol. The van der Waals surface area contributed by atoms with Gasteiger partial charge in [-0.25, -0.2) is 9.78 Å². The highest BCUT2D eigenvalue weighted by molar-refractivity contribution is 5.10. The van der Waals surface area contributed by atoms with E-state index in [0.29, 0.717) is 5.92 Å². The first kappa shape index (κ1) is 16.8. The summed E-state index contributed by atoms with van der Waals surface area (Å²) in [7, 11) is 0. The van der Waals surface area contributed by atoms with Crippen LogP contribution in [0.3, 0.4) is 0 Å². The van der Waals surface area contributed by atoms with Crippen molar-refractivity contribution in [2.24, 2.45) is 0 Å². The molecule has 1 saturated heterocycles. The van der Waals surface area contributed by atoms with Gasteiger partial charge in [-0.1, -0.05) is 12.5 Å². The average molecular weight is 326 g/mol. The van der Waals surface area contributed by atoms with Gasteiger partial charge in [-0.2, -0.15) is 0 Å². The standard InChI is InChI=1S/C19H26N4O/c24-19-21-11-6-14-23(19)13-5-1-4-12-22-15-8-17(9-16-22)18-7-2-3-10-20-18/h2-3,6-7,10-11,14,17H,1,4-5,8-9,12-13,15-16H2. The fourth-order valence-corrected chi connectivity index (χ4v) is 3.42. The molecule has 0 aromatic carbocycles. The van der Waals surface area contributed by atoms with Crippen molar-refractivity contribution in [3.05, 3.63) is 59.0 Å². The maximum absolute atomic E-state index is 11.5. The van der Waals surface area contributed by atoms with Gasteiger partial charge in [0.25, 0.3) is 0 Å². The molecule has 2 aromatic heterocycles. The molecule has 0 saturated carbocycles. The van der Waals surface area contributed by atoms with Gasteiger partial charge in [0, 0.05) is 36.7 Å². The van der Waals surface area contributed by atoms with E-state index in [1.54, 1.807) is 10.8 Å². The number of piperidine rings is 1. The number of hydrogen-bond donors (Lipinski definition) is 0.